The SMILES string of the molecule is NC(=O)c1cc(=O)cc(-c2ccccc2)o1. The lowest BCUT2D eigenvalue weighted by Crippen LogP contribution is -2.14. The van der Waals surface area contributed by atoms with Crippen LogP contribution < -0.4 is 11.2 Å². The first-order valence-electron chi connectivity index (χ1n) is 4.67. The van der Waals surface area contributed by atoms with Crippen LogP contribution in [0, 0.1) is 0 Å². The Bertz CT molecular complexity index is 572. The van der Waals surface area contributed by atoms with E-state index in [1.54, 1.807) is 12.1 Å². The monoisotopic (exact) mass is 215 g/mol. The average Bonchev–Trinajstić information content (AvgIpc) is 2.29. The summed E-state index contributed by atoms with van der Waals surface area (Å²) < 4.78 is 5.23. The minimum Gasteiger partial charge on any atom is -0.451 e. The minimum absolute atomic E-state index is 0.133. The smallest absolute Gasteiger partial charge is 0.284 e. The van der Waals surface area contributed by atoms with Crippen molar-refractivity contribution in [3.63, 3.8) is 0 Å². The molecule has 1 heterocycles. The third-order valence-corrected chi connectivity index (χ3v) is 2.07. The molecule has 0 aliphatic heterocycles. The topological polar surface area (TPSA) is 73.3 Å². The van der Waals surface area contributed by atoms with E-state index in [1.165, 1.54) is 6.07 Å². The van der Waals surface area contributed by atoms with E-state index in [1.807, 2.05) is 18.2 Å². The Morgan fingerprint density at radius 3 is 2.44 bits per heavy atom. The van der Waals surface area contributed by atoms with Gasteiger partial charge in [0.25, 0.3) is 5.91 Å². The van der Waals surface area contributed by atoms with Gasteiger partial charge in [-0.25, -0.2) is 0 Å². The summed E-state index contributed by atoms with van der Waals surface area (Å²) in [5, 5.41) is 0. The number of hydrogen-bond acceptors (Lipinski definition) is 3. The van der Waals surface area contributed by atoms with Crippen molar-refractivity contribution in [1.29, 1.82) is 0 Å². The van der Waals surface area contributed by atoms with E-state index in [-0.39, 0.29) is 11.2 Å². The first-order chi connectivity index (χ1) is 7.66. The maximum absolute atomic E-state index is 11.3. The molecule has 0 radical (unpaired) electrons. The number of benzene rings is 1. The van der Waals surface area contributed by atoms with Crippen LogP contribution in [0.25, 0.3) is 11.3 Å². The molecule has 80 valence electrons. The molecule has 0 saturated heterocycles. The average molecular weight is 215 g/mol. The van der Waals surface area contributed by atoms with Gasteiger partial charge in [-0.05, 0) is 0 Å². The highest BCUT2D eigenvalue weighted by Crippen LogP contribution is 2.17. The Balaban J connectivity index is 2.58. The minimum atomic E-state index is -0.755. The van der Waals surface area contributed by atoms with Gasteiger partial charge in [0.2, 0.25) is 0 Å². The molecule has 0 atom stereocenters. The molecule has 0 aliphatic carbocycles. The van der Waals surface area contributed by atoms with Crippen molar-refractivity contribution in [2.75, 3.05) is 0 Å². The molecular weight excluding hydrogens is 206 g/mol. The quantitative estimate of drug-likeness (QED) is 0.822. The second-order valence-electron chi connectivity index (χ2n) is 3.25. The molecule has 0 spiro atoms. The van der Waals surface area contributed by atoms with Crippen molar-refractivity contribution in [2.45, 2.75) is 0 Å². The molecular formula is C12H9NO3. The van der Waals surface area contributed by atoms with Crippen LogP contribution in [-0.2, 0) is 0 Å². The summed E-state index contributed by atoms with van der Waals surface area (Å²) in [6.45, 7) is 0. The molecule has 4 nitrogen and oxygen atoms in total. The second kappa shape index (κ2) is 4.02. The van der Waals surface area contributed by atoms with Crippen molar-refractivity contribution < 1.29 is 9.21 Å². The highest BCUT2D eigenvalue weighted by atomic mass is 16.3. The molecule has 0 saturated carbocycles. The Labute approximate surface area is 91.3 Å². The van der Waals surface area contributed by atoms with Crippen LogP contribution >= 0.6 is 0 Å². The number of primary amides is 1. The zero-order chi connectivity index (χ0) is 11.5. The normalized spacial score (nSPS) is 10.0. The van der Waals surface area contributed by atoms with Crippen LogP contribution in [-0.4, -0.2) is 5.91 Å². The number of amides is 1. The van der Waals surface area contributed by atoms with Crippen LogP contribution in [0.5, 0.6) is 0 Å². The van der Waals surface area contributed by atoms with Crippen LogP contribution in [0.3, 0.4) is 0 Å². The van der Waals surface area contributed by atoms with Crippen molar-refractivity contribution in [3.8, 4) is 11.3 Å². The lowest BCUT2D eigenvalue weighted by atomic mass is 10.1. The van der Waals surface area contributed by atoms with E-state index < -0.39 is 5.91 Å². The summed E-state index contributed by atoms with van der Waals surface area (Å²) in [5.41, 5.74) is 5.48. The number of hydrogen-bond donors (Lipinski definition) is 1. The highest BCUT2D eigenvalue weighted by molar-refractivity contribution is 5.90. The largest absolute Gasteiger partial charge is 0.451 e. The third kappa shape index (κ3) is 2.00. The fraction of sp³-hybridized carbons (Fsp3) is 0. The molecule has 16 heavy (non-hydrogen) atoms. The molecule has 0 bridgehead atoms. The van der Waals surface area contributed by atoms with Gasteiger partial charge in [-0.2, -0.15) is 0 Å². The van der Waals surface area contributed by atoms with E-state index in [0.717, 1.165) is 11.6 Å². The zero-order valence-corrected chi connectivity index (χ0v) is 8.34. The number of rotatable bonds is 2. The molecule has 0 aliphatic rings. The Hall–Kier alpha value is -2.36. The van der Waals surface area contributed by atoms with Gasteiger partial charge < -0.3 is 10.2 Å². The van der Waals surface area contributed by atoms with Crippen molar-refractivity contribution in [2.24, 2.45) is 5.73 Å². The molecule has 1 aromatic heterocycles. The Morgan fingerprint density at radius 2 is 1.81 bits per heavy atom. The number of nitrogens with two attached hydrogens (primary N) is 1. The van der Waals surface area contributed by atoms with Crippen LogP contribution in [0.2, 0.25) is 0 Å². The summed E-state index contributed by atoms with van der Waals surface area (Å²) >= 11 is 0. The van der Waals surface area contributed by atoms with Gasteiger partial charge in [0, 0.05) is 17.7 Å². The van der Waals surface area contributed by atoms with Gasteiger partial charge in [-0.3, -0.25) is 9.59 Å². The number of carbonyl (C=O) groups is 1. The lowest BCUT2D eigenvalue weighted by molar-refractivity contribution is 0.0972. The third-order valence-electron chi connectivity index (χ3n) is 2.07. The molecule has 2 N–H and O–H groups in total. The highest BCUT2D eigenvalue weighted by Gasteiger charge is 2.08. The molecule has 2 rings (SSSR count). The molecule has 1 aromatic carbocycles. The first-order valence-corrected chi connectivity index (χ1v) is 4.67. The van der Waals surface area contributed by atoms with Crippen molar-refractivity contribution >= 4 is 5.91 Å². The molecule has 1 amide bonds. The fourth-order valence-corrected chi connectivity index (χ4v) is 1.34. The van der Waals surface area contributed by atoms with Crippen LogP contribution in [0.1, 0.15) is 10.6 Å². The summed E-state index contributed by atoms with van der Waals surface area (Å²) in [6.07, 6.45) is 0. The standard InChI is InChI=1S/C12H9NO3/c13-12(15)11-7-9(14)6-10(16-11)8-4-2-1-3-5-8/h1-7H,(H2,13,15). The van der Waals surface area contributed by atoms with Crippen LogP contribution in [0.15, 0.2) is 51.7 Å². The number of carbonyl (C=O) groups excluding carboxylic acids is 1. The summed E-state index contributed by atoms with van der Waals surface area (Å²) in [7, 11) is 0. The van der Waals surface area contributed by atoms with E-state index in [4.69, 9.17) is 10.2 Å². The van der Waals surface area contributed by atoms with Gasteiger partial charge in [-0.1, -0.05) is 30.3 Å². The lowest BCUT2D eigenvalue weighted by Gasteiger charge is -2.01. The molecule has 0 fully saturated rings. The fourth-order valence-electron chi connectivity index (χ4n) is 1.34. The van der Waals surface area contributed by atoms with Gasteiger partial charge in [0.1, 0.15) is 5.76 Å². The van der Waals surface area contributed by atoms with Crippen LogP contribution in [0.4, 0.5) is 0 Å². The zero-order valence-electron chi connectivity index (χ0n) is 8.34. The maximum atomic E-state index is 11.3. The summed E-state index contributed by atoms with van der Waals surface area (Å²) in [6, 6.07) is 11.4. The summed E-state index contributed by atoms with van der Waals surface area (Å²) in [4.78, 5) is 22.2. The van der Waals surface area contributed by atoms with Gasteiger partial charge in [-0.15, -0.1) is 0 Å². The van der Waals surface area contributed by atoms with E-state index in [2.05, 4.69) is 0 Å². The molecule has 0 unspecified atom stereocenters. The van der Waals surface area contributed by atoms with E-state index in [0.29, 0.717) is 5.76 Å². The maximum Gasteiger partial charge on any atom is 0.284 e. The predicted octanol–water partition coefficient (Wildman–Crippen LogP) is 1.41. The Kier molecular flexibility index (Phi) is 2.55. The van der Waals surface area contributed by atoms with Gasteiger partial charge >= 0.3 is 0 Å². The van der Waals surface area contributed by atoms with Crippen molar-refractivity contribution in [1.82, 2.24) is 0 Å². The second-order valence-corrected chi connectivity index (χ2v) is 3.25. The van der Waals surface area contributed by atoms with Crippen molar-refractivity contribution in [3.05, 3.63) is 58.4 Å². The molecule has 4 heteroatoms. The predicted molar refractivity (Wildman–Crippen MR) is 58.9 cm³/mol. The molecule has 2 aromatic rings. The van der Waals surface area contributed by atoms with Gasteiger partial charge in [0.15, 0.2) is 11.2 Å². The van der Waals surface area contributed by atoms with Gasteiger partial charge in [0.05, 0.1) is 0 Å². The van der Waals surface area contributed by atoms with E-state index >= 15 is 0 Å². The summed E-state index contributed by atoms with van der Waals surface area (Å²) in [5.74, 6) is -0.553. The Morgan fingerprint density at radius 1 is 1.12 bits per heavy atom. The first kappa shape index (κ1) is 10.2. The van der Waals surface area contributed by atoms with E-state index in [9.17, 15) is 9.59 Å².